The Morgan fingerprint density at radius 3 is 2.54 bits per heavy atom. The average Bonchev–Trinajstić information content (AvgIpc) is 2.56. The number of carbonyl (C=O) groups excluding carboxylic acids is 2. The second kappa shape index (κ2) is 9.11. The van der Waals surface area contributed by atoms with Crippen molar-refractivity contribution >= 4 is 56.8 Å². The molecule has 2 aromatic rings. The maximum Gasteiger partial charge on any atom is 0.244 e. The maximum atomic E-state index is 12.2. The topological polar surface area (TPSA) is 49.4 Å². The Balaban J connectivity index is 1.84. The Labute approximate surface area is 158 Å². The van der Waals surface area contributed by atoms with E-state index in [1.54, 1.807) is 19.2 Å². The van der Waals surface area contributed by atoms with E-state index in [4.69, 9.17) is 11.6 Å². The molecular weight excluding hydrogens is 412 g/mol. The lowest BCUT2D eigenvalue weighted by molar-refractivity contribution is -0.131. The SMILES string of the molecule is CN(CC(=O)Nc1ccccc1Br)C(=O)CSc1ccccc1Cl. The van der Waals surface area contributed by atoms with Gasteiger partial charge in [-0.1, -0.05) is 35.9 Å². The normalized spacial score (nSPS) is 10.3. The van der Waals surface area contributed by atoms with Crippen molar-refractivity contribution in [1.82, 2.24) is 4.90 Å². The summed E-state index contributed by atoms with van der Waals surface area (Å²) in [6.07, 6.45) is 0. The number of halogens is 2. The Morgan fingerprint density at radius 1 is 1.17 bits per heavy atom. The number of anilines is 1. The molecule has 0 fully saturated rings. The standard InChI is InChI=1S/C17H16BrClN2O2S/c1-21(10-16(22)20-14-8-4-2-6-12(14)18)17(23)11-24-15-9-5-3-7-13(15)19/h2-9H,10-11H2,1H3,(H,20,22). The number of thioether (sulfide) groups is 1. The van der Waals surface area contributed by atoms with E-state index in [1.807, 2.05) is 36.4 Å². The molecule has 0 saturated heterocycles. The fourth-order valence-corrected chi connectivity index (χ4v) is 3.43. The van der Waals surface area contributed by atoms with Gasteiger partial charge in [0.25, 0.3) is 0 Å². The molecule has 126 valence electrons. The van der Waals surface area contributed by atoms with Gasteiger partial charge in [0.15, 0.2) is 0 Å². The first-order valence-electron chi connectivity index (χ1n) is 7.13. The quantitative estimate of drug-likeness (QED) is 0.700. The third kappa shape index (κ3) is 5.54. The molecule has 0 saturated carbocycles. The molecule has 2 aromatic carbocycles. The highest BCUT2D eigenvalue weighted by Crippen LogP contribution is 2.26. The summed E-state index contributed by atoms with van der Waals surface area (Å²) in [5.41, 5.74) is 0.675. The number of nitrogens with zero attached hydrogens (tertiary/aromatic N) is 1. The molecule has 0 radical (unpaired) electrons. The Hall–Kier alpha value is -1.50. The van der Waals surface area contributed by atoms with Crippen LogP contribution in [0.2, 0.25) is 5.02 Å². The Morgan fingerprint density at radius 2 is 1.83 bits per heavy atom. The van der Waals surface area contributed by atoms with Crippen molar-refractivity contribution in [2.45, 2.75) is 4.90 Å². The van der Waals surface area contributed by atoms with Gasteiger partial charge in [-0.05, 0) is 40.2 Å². The minimum absolute atomic E-state index is 0.0107. The number of nitrogens with one attached hydrogen (secondary N) is 1. The van der Waals surface area contributed by atoms with E-state index in [9.17, 15) is 9.59 Å². The summed E-state index contributed by atoms with van der Waals surface area (Å²) < 4.78 is 0.793. The van der Waals surface area contributed by atoms with E-state index >= 15 is 0 Å². The van der Waals surface area contributed by atoms with Crippen LogP contribution in [0.4, 0.5) is 5.69 Å². The van der Waals surface area contributed by atoms with Gasteiger partial charge in [0.05, 0.1) is 23.0 Å². The molecule has 0 unspecified atom stereocenters. The summed E-state index contributed by atoms with van der Waals surface area (Å²) in [6, 6.07) is 14.7. The van der Waals surface area contributed by atoms with Crippen molar-refractivity contribution in [2.75, 3.05) is 24.7 Å². The predicted molar refractivity (Wildman–Crippen MR) is 103 cm³/mol. The molecule has 4 nitrogen and oxygen atoms in total. The van der Waals surface area contributed by atoms with E-state index in [1.165, 1.54) is 16.7 Å². The molecular formula is C17H16BrClN2O2S. The highest BCUT2D eigenvalue weighted by molar-refractivity contribution is 9.10. The molecule has 24 heavy (non-hydrogen) atoms. The lowest BCUT2D eigenvalue weighted by Gasteiger charge is -2.17. The monoisotopic (exact) mass is 426 g/mol. The van der Waals surface area contributed by atoms with Crippen molar-refractivity contribution in [3.8, 4) is 0 Å². The summed E-state index contributed by atoms with van der Waals surface area (Å²) >= 11 is 10.8. The minimum Gasteiger partial charge on any atom is -0.336 e. The van der Waals surface area contributed by atoms with Gasteiger partial charge in [-0.2, -0.15) is 0 Å². The van der Waals surface area contributed by atoms with Crippen molar-refractivity contribution in [1.29, 1.82) is 0 Å². The van der Waals surface area contributed by atoms with Crippen molar-refractivity contribution in [3.63, 3.8) is 0 Å². The van der Waals surface area contributed by atoms with E-state index in [0.29, 0.717) is 10.7 Å². The molecule has 0 aliphatic heterocycles. The van der Waals surface area contributed by atoms with Crippen LogP contribution in [0.15, 0.2) is 57.9 Å². The predicted octanol–water partition coefficient (Wildman–Crippen LogP) is 4.29. The molecule has 1 N–H and O–H groups in total. The molecule has 0 heterocycles. The zero-order valence-electron chi connectivity index (χ0n) is 13.0. The number of benzene rings is 2. The van der Waals surface area contributed by atoms with Crippen molar-refractivity contribution < 1.29 is 9.59 Å². The zero-order chi connectivity index (χ0) is 17.5. The summed E-state index contributed by atoms with van der Waals surface area (Å²) in [5.74, 6) is -0.162. The second-order valence-electron chi connectivity index (χ2n) is 5.00. The van der Waals surface area contributed by atoms with Crippen LogP contribution >= 0.6 is 39.3 Å². The largest absolute Gasteiger partial charge is 0.336 e. The first-order valence-corrected chi connectivity index (χ1v) is 9.28. The Kier molecular flexibility index (Phi) is 7.15. The maximum absolute atomic E-state index is 12.2. The molecule has 0 aromatic heterocycles. The lowest BCUT2D eigenvalue weighted by atomic mass is 10.3. The highest BCUT2D eigenvalue weighted by Gasteiger charge is 2.14. The fraction of sp³-hybridized carbons (Fsp3) is 0.176. The van der Waals surface area contributed by atoms with Gasteiger partial charge in [-0.3, -0.25) is 9.59 Å². The second-order valence-corrected chi connectivity index (χ2v) is 7.28. The molecule has 7 heteroatoms. The van der Waals surface area contributed by atoms with Gasteiger partial charge >= 0.3 is 0 Å². The highest BCUT2D eigenvalue weighted by atomic mass is 79.9. The molecule has 0 aliphatic carbocycles. The van der Waals surface area contributed by atoms with E-state index in [0.717, 1.165) is 9.37 Å². The molecule has 0 spiro atoms. The van der Waals surface area contributed by atoms with Gasteiger partial charge in [0, 0.05) is 16.4 Å². The third-order valence-electron chi connectivity index (χ3n) is 3.14. The molecule has 0 bridgehead atoms. The third-order valence-corrected chi connectivity index (χ3v) is 5.33. The van der Waals surface area contributed by atoms with Crippen LogP contribution in [0.25, 0.3) is 0 Å². The van der Waals surface area contributed by atoms with Crippen LogP contribution in [-0.2, 0) is 9.59 Å². The van der Waals surface area contributed by atoms with Crippen molar-refractivity contribution in [2.24, 2.45) is 0 Å². The summed E-state index contributed by atoms with van der Waals surface area (Å²) in [7, 11) is 1.61. The Bertz CT molecular complexity index is 742. The van der Waals surface area contributed by atoms with Crippen LogP contribution in [0.5, 0.6) is 0 Å². The van der Waals surface area contributed by atoms with Crippen LogP contribution in [0, 0.1) is 0 Å². The number of likely N-dealkylation sites (N-methyl/N-ethyl adjacent to an activating group) is 1. The first-order chi connectivity index (χ1) is 11.5. The van der Waals surface area contributed by atoms with Crippen molar-refractivity contribution in [3.05, 3.63) is 58.0 Å². The van der Waals surface area contributed by atoms with Gasteiger partial charge < -0.3 is 10.2 Å². The molecule has 0 atom stereocenters. The van der Waals surface area contributed by atoms with E-state index in [2.05, 4.69) is 21.2 Å². The average molecular weight is 428 g/mol. The lowest BCUT2D eigenvalue weighted by Crippen LogP contribution is -2.36. The minimum atomic E-state index is -0.250. The number of hydrogen-bond donors (Lipinski definition) is 1. The molecule has 2 rings (SSSR count). The van der Waals surface area contributed by atoms with Crippen LogP contribution in [0.3, 0.4) is 0 Å². The number of hydrogen-bond acceptors (Lipinski definition) is 3. The fourth-order valence-electron chi connectivity index (χ4n) is 1.87. The smallest absolute Gasteiger partial charge is 0.244 e. The number of carbonyl (C=O) groups is 2. The van der Waals surface area contributed by atoms with Gasteiger partial charge in [-0.25, -0.2) is 0 Å². The van der Waals surface area contributed by atoms with E-state index in [-0.39, 0.29) is 24.1 Å². The molecule has 2 amide bonds. The van der Waals surface area contributed by atoms with E-state index < -0.39 is 0 Å². The number of amides is 2. The van der Waals surface area contributed by atoms with Gasteiger partial charge in [0.1, 0.15) is 0 Å². The summed E-state index contributed by atoms with van der Waals surface area (Å²) in [5, 5.41) is 3.39. The molecule has 0 aliphatic rings. The first kappa shape index (κ1) is 18.8. The zero-order valence-corrected chi connectivity index (χ0v) is 16.1. The van der Waals surface area contributed by atoms with Crippen LogP contribution in [0.1, 0.15) is 0 Å². The van der Waals surface area contributed by atoms with Gasteiger partial charge in [-0.15, -0.1) is 11.8 Å². The number of rotatable bonds is 6. The van der Waals surface area contributed by atoms with Gasteiger partial charge in [0.2, 0.25) is 11.8 Å². The summed E-state index contributed by atoms with van der Waals surface area (Å²) in [4.78, 5) is 26.5. The number of para-hydroxylation sites is 1. The summed E-state index contributed by atoms with van der Waals surface area (Å²) in [6.45, 7) is -0.0107. The van der Waals surface area contributed by atoms with Crippen LogP contribution < -0.4 is 5.32 Å². The van der Waals surface area contributed by atoms with Crippen LogP contribution in [-0.4, -0.2) is 36.1 Å².